The maximum atomic E-state index is 5.52. The Hall–Kier alpha value is -0.900. The van der Waals surface area contributed by atoms with E-state index >= 15 is 0 Å². The van der Waals surface area contributed by atoms with Crippen molar-refractivity contribution in [2.75, 3.05) is 0 Å². The Kier molecular flexibility index (Phi) is 3.03. The van der Waals surface area contributed by atoms with Crippen LogP contribution in [0.25, 0.3) is 0 Å². The van der Waals surface area contributed by atoms with Gasteiger partial charge in [-0.1, -0.05) is 20.8 Å². The Morgan fingerprint density at radius 1 is 1.31 bits per heavy atom. The van der Waals surface area contributed by atoms with E-state index in [0.717, 1.165) is 11.6 Å². The molecule has 2 N–H and O–H groups in total. The lowest BCUT2D eigenvalue weighted by Gasteiger charge is -2.14. The van der Waals surface area contributed by atoms with Gasteiger partial charge in [0.05, 0.1) is 6.54 Å². The molecule has 0 bridgehead atoms. The van der Waals surface area contributed by atoms with Crippen LogP contribution in [0.5, 0.6) is 0 Å². The van der Waals surface area contributed by atoms with E-state index in [2.05, 4.69) is 31.0 Å². The van der Waals surface area contributed by atoms with E-state index in [1.807, 2.05) is 11.6 Å². The molecule has 0 aliphatic carbocycles. The number of hydrogen-bond donors (Lipinski definition) is 1. The fourth-order valence-corrected chi connectivity index (χ4v) is 1.25. The number of hydrogen-bond acceptors (Lipinski definition) is 3. The van der Waals surface area contributed by atoms with Gasteiger partial charge in [0.15, 0.2) is 0 Å². The van der Waals surface area contributed by atoms with Gasteiger partial charge < -0.3 is 10.3 Å². The molecule has 1 rings (SSSR count). The van der Waals surface area contributed by atoms with Gasteiger partial charge in [-0.3, -0.25) is 0 Å². The molecule has 0 aliphatic rings. The lowest BCUT2D eigenvalue weighted by atomic mass is 9.97. The minimum absolute atomic E-state index is 0.429. The summed E-state index contributed by atoms with van der Waals surface area (Å²) in [7, 11) is 1.97. The molecule has 0 saturated carbocycles. The summed E-state index contributed by atoms with van der Waals surface area (Å²) in [6.45, 7) is 6.98. The average molecular weight is 182 g/mol. The SMILES string of the molecule is CC(C)C(C)c1nnc(CN)n1C. The molecule has 1 heterocycles. The van der Waals surface area contributed by atoms with Crippen molar-refractivity contribution in [1.29, 1.82) is 0 Å². The summed E-state index contributed by atoms with van der Waals surface area (Å²) in [5.74, 6) is 2.88. The third-order valence-corrected chi connectivity index (χ3v) is 2.59. The van der Waals surface area contributed by atoms with Gasteiger partial charge in [-0.25, -0.2) is 0 Å². The summed E-state index contributed by atoms with van der Waals surface area (Å²) in [6, 6.07) is 0. The third kappa shape index (κ3) is 1.88. The molecule has 0 amide bonds. The molecular formula is C9H18N4. The predicted molar refractivity (Wildman–Crippen MR) is 52.1 cm³/mol. The van der Waals surface area contributed by atoms with Gasteiger partial charge in [-0.15, -0.1) is 10.2 Å². The first-order valence-corrected chi connectivity index (χ1v) is 4.66. The highest BCUT2D eigenvalue weighted by atomic mass is 15.3. The average Bonchev–Trinajstić information content (AvgIpc) is 2.45. The Morgan fingerprint density at radius 2 is 1.92 bits per heavy atom. The van der Waals surface area contributed by atoms with Gasteiger partial charge >= 0.3 is 0 Å². The van der Waals surface area contributed by atoms with Crippen LogP contribution in [-0.2, 0) is 13.6 Å². The molecule has 0 radical (unpaired) electrons. The van der Waals surface area contributed by atoms with Crippen molar-refractivity contribution < 1.29 is 0 Å². The van der Waals surface area contributed by atoms with Crippen LogP contribution in [0.15, 0.2) is 0 Å². The molecule has 0 aliphatic heterocycles. The minimum atomic E-state index is 0.429. The lowest BCUT2D eigenvalue weighted by molar-refractivity contribution is 0.494. The van der Waals surface area contributed by atoms with Gasteiger partial charge in [0.25, 0.3) is 0 Å². The van der Waals surface area contributed by atoms with Crippen molar-refractivity contribution in [2.24, 2.45) is 18.7 Å². The molecule has 0 aromatic carbocycles. The van der Waals surface area contributed by atoms with E-state index in [9.17, 15) is 0 Å². The zero-order chi connectivity index (χ0) is 10.0. The summed E-state index contributed by atoms with van der Waals surface area (Å²) >= 11 is 0. The number of nitrogens with zero attached hydrogens (tertiary/aromatic N) is 3. The minimum Gasteiger partial charge on any atom is -0.324 e. The van der Waals surface area contributed by atoms with Crippen LogP contribution in [0.4, 0.5) is 0 Å². The van der Waals surface area contributed by atoms with E-state index in [-0.39, 0.29) is 0 Å². The van der Waals surface area contributed by atoms with Crippen molar-refractivity contribution in [3.05, 3.63) is 11.6 Å². The van der Waals surface area contributed by atoms with Crippen molar-refractivity contribution >= 4 is 0 Å². The molecule has 74 valence electrons. The van der Waals surface area contributed by atoms with Gasteiger partial charge in [0, 0.05) is 13.0 Å². The fraction of sp³-hybridized carbons (Fsp3) is 0.778. The van der Waals surface area contributed by atoms with Crippen molar-refractivity contribution in [2.45, 2.75) is 33.2 Å². The molecule has 1 aromatic heterocycles. The maximum absolute atomic E-state index is 5.52. The van der Waals surface area contributed by atoms with Crippen molar-refractivity contribution in [3.8, 4) is 0 Å². The summed E-state index contributed by atoms with van der Waals surface area (Å²) in [5, 5.41) is 8.17. The number of rotatable bonds is 3. The lowest BCUT2D eigenvalue weighted by Crippen LogP contribution is -2.11. The zero-order valence-corrected chi connectivity index (χ0v) is 8.78. The Labute approximate surface area is 79.2 Å². The van der Waals surface area contributed by atoms with Gasteiger partial charge in [-0.05, 0) is 5.92 Å². The summed E-state index contributed by atoms with van der Waals surface area (Å²) in [6.07, 6.45) is 0. The van der Waals surface area contributed by atoms with Crippen LogP contribution in [0.3, 0.4) is 0 Å². The maximum Gasteiger partial charge on any atom is 0.146 e. The van der Waals surface area contributed by atoms with Gasteiger partial charge in [0.2, 0.25) is 0 Å². The first kappa shape index (κ1) is 10.2. The van der Waals surface area contributed by atoms with Gasteiger partial charge in [-0.2, -0.15) is 0 Å². The van der Waals surface area contributed by atoms with Gasteiger partial charge in [0.1, 0.15) is 11.6 Å². The fourth-order valence-electron chi connectivity index (χ4n) is 1.25. The highest BCUT2D eigenvalue weighted by Crippen LogP contribution is 2.21. The molecule has 13 heavy (non-hydrogen) atoms. The molecule has 4 heteroatoms. The monoisotopic (exact) mass is 182 g/mol. The predicted octanol–water partition coefficient (Wildman–Crippen LogP) is 1.03. The second kappa shape index (κ2) is 3.87. The standard InChI is InChI=1S/C9H18N4/c1-6(2)7(3)9-12-11-8(5-10)13(9)4/h6-7H,5,10H2,1-4H3. The normalized spacial score (nSPS) is 13.7. The summed E-state index contributed by atoms with van der Waals surface area (Å²) < 4.78 is 1.99. The zero-order valence-electron chi connectivity index (χ0n) is 8.78. The summed E-state index contributed by atoms with van der Waals surface area (Å²) in [5.41, 5.74) is 5.52. The molecule has 1 aromatic rings. The third-order valence-electron chi connectivity index (χ3n) is 2.59. The van der Waals surface area contributed by atoms with Crippen LogP contribution in [-0.4, -0.2) is 14.8 Å². The quantitative estimate of drug-likeness (QED) is 0.759. The molecular weight excluding hydrogens is 164 g/mol. The van der Waals surface area contributed by atoms with E-state index in [1.165, 1.54) is 0 Å². The first-order valence-electron chi connectivity index (χ1n) is 4.66. The molecule has 0 saturated heterocycles. The Bertz CT molecular complexity index is 277. The van der Waals surface area contributed by atoms with Crippen LogP contribution in [0.1, 0.15) is 38.3 Å². The molecule has 1 atom stereocenters. The van der Waals surface area contributed by atoms with Crippen molar-refractivity contribution in [3.63, 3.8) is 0 Å². The second-order valence-corrected chi connectivity index (χ2v) is 3.77. The van der Waals surface area contributed by atoms with Crippen LogP contribution in [0, 0.1) is 5.92 Å². The molecule has 0 fully saturated rings. The smallest absolute Gasteiger partial charge is 0.146 e. The number of nitrogens with two attached hydrogens (primary N) is 1. The highest BCUT2D eigenvalue weighted by molar-refractivity contribution is 5.00. The molecule has 4 nitrogen and oxygen atoms in total. The Balaban J connectivity index is 2.95. The summed E-state index contributed by atoms with van der Waals surface area (Å²) in [4.78, 5) is 0. The van der Waals surface area contributed by atoms with Crippen molar-refractivity contribution in [1.82, 2.24) is 14.8 Å². The van der Waals surface area contributed by atoms with Crippen LogP contribution in [0.2, 0.25) is 0 Å². The topological polar surface area (TPSA) is 56.7 Å². The first-order chi connectivity index (χ1) is 6.07. The largest absolute Gasteiger partial charge is 0.324 e. The highest BCUT2D eigenvalue weighted by Gasteiger charge is 2.17. The molecule has 1 unspecified atom stereocenters. The Morgan fingerprint density at radius 3 is 2.31 bits per heavy atom. The van der Waals surface area contributed by atoms with Crippen LogP contribution >= 0.6 is 0 Å². The second-order valence-electron chi connectivity index (χ2n) is 3.77. The van der Waals surface area contributed by atoms with E-state index in [1.54, 1.807) is 0 Å². The number of aromatic nitrogens is 3. The van der Waals surface area contributed by atoms with Crippen LogP contribution < -0.4 is 5.73 Å². The molecule has 0 spiro atoms. The van der Waals surface area contributed by atoms with E-state index < -0.39 is 0 Å². The van der Waals surface area contributed by atoms with E-state index in [0.29, 0.717) is 18.4 Å². The van der Waals surface area contributed by atoms with E-state index in [4.69, 9.17) is 5.73 Å².